The van der Waals surface area contributed by atoms with Crippen molar-refractivity contribution in [2.75, 3.05) is 7.11 Å². The van der Waals surface area contributed by atoms with Crippen LogP contribution < -0.4 is 9.47 Å². The number of hydrogen-bond donors (Lipinski definition) is 0. The molecule has 0 N–H and O–H groups in total. The zero-order chi connectivity index (χ0) is 24.4. The number of ether oxygens (including phenoxy) is 3. The highest BCUT2D eigenvalue weighted by atomic mass is 35.5. The first-order valence-electron chi connectivity index (χ1n) is 9.68. The van der Waals surface area contributed by atoms with Crippen LogP contribution in [0.5, 0.6) is 11.5 Å². The van der Waals surface area contributed by atoms with Crippen molar-refractivity contribution in [2.24, 2.45) is 4.99 Å². The van der Waals surface area contributed by atoms with Crippen LogP contribution in [0.2, 0.25) is 15.1 Å². The number of halogens is 5. The highest BCUT2D eigenvalue weighted by molar-refractivity contribution is 6.34. The fourth-order valence-corrected chi connectivity index (χ4v) is 3.79. The van der Waals surface area contributed by atoms with Gasteiger partial charge >= 0.3 is 5.97 Å². The molecule has 0 fully saturated rings. The summed E-state index contributed by atoms with van der Waals surface area (Å²) in [4.78, 5) is 16.4. The third-order valence-corrected chi connectivity index (χ3v) is 5.71. The van der Waals surface area contributed by atoms with E-state index < -0.39 is 17.6 Å². The van der Waals surface area contributed by atoms with Crippen LogP contribution >= 0.6 is 34.8 Å². The van der Waals surface area contributed by atoms with Crippen molar-refractivity contribution in [1.82, 2.24) is 0 Å². The van der Waals surface area contributed by atoms with Gasteiger partial charge < -0.3 is 14.2 Å². The maximum absolute atomic E-state index is 13.6. The Hall–Kier alpha value is -3.13. The highest BCUT2D eigenvalue weighted by Gasteiger charge is 2.27. The predicted molar refractivity (Wildman–Crippen MR) is 126 cm³/mol. The predicted octanol–water partition coefficient (Wildman–Crippen LogP) is 6.86. The molecule has 0 saturated carbocycles. The third kappa shape index (κ3) is 5.01. The fourth-order valence-electron chi connectivity index (χ4n) is 3.10. The molecule has 0 atom stereocenters. The van der Waals surface area contributed by atoms with E-state index in [-0.39, 0.29) is 39.6 Å². The number of cyclic esters (lactones) is 1. The minimum absolute atomic E-state index is 0.0590. The molecule has 3 aromatic carbocycles. The summed E-state index contributed by atoms with van der Waals surface area (Å²) in [5.41, 5.74) is 1.06. The van der Waals surface area contributed by atoms with Crippen LogP contribution in [0.4, 0.5) is 8.78 Å². The summed E-state index contributed by atoms with van der Waals surface area (Å²) in [6.45, 7) is 0.158. The molecule has 0 aliphatic carbocycles. The maximum atomic E-state index is 13.6. The SMILES string of the molecule is COc1cc(/C=C2/N=C(c3cc(F)c(F)cc3Cl)OC2=O)cc(Cl)c1OCc1ccccc1Cl. The van der Waals surface area contributed by atoms with E-state index in [0.29, 0.717) is 16.3 Å². The molecule has 1 heterocycles. The molecule has 0 radical (unpaired) electrons. The second kappa shape index (κ2) is 10.0. The van der Waals surface area contributed by atoms with Crippen molar-refractivity contribution < 1.29 is 27.8 Å². The van der Waals surface area contributed by atoms with Gasteiger partial charge in [0.25, 0.3) is 0 Å². The van der Waals surface area contributed by atoms with E-state index >= 15 is 0 Å². The van der Waals surface area contributed by atoms with Crippen molar-refractivity contribution in [3.63, 3.8) is 0 Å². The average Bonchev–Trinajstić information content (AvgIpc) is 3.16. The van der Waals surface area contributed by atoms with Crippen molar-refractivity contribution in [2.45, 2.75) is 6.61 Å². The first-order valence-corrected chi connectivity index (χ1v) is 10.8. The van der Waals surface area contributed by atoms with Crippen LogP contribution in [-0.4, -0.2) is 19.0 Å². The molecule has 0 aromatic heterocycles. The molecular weight excluding hydrogens is 511 g/mol. The van der Waals surface area contributed by atoms with E-state index in [0.717, 1.165) is 17.7 Å². The minimum atomic E-state index is -1.15. The van der Waals surface area contributed by atoms with Crippen molar-refractivity contribution in [3.8, 4) is 11.5 Å². The van der Waals surface area contributed by atoms with Gasteiger partial charge in [0.2, 0.25) is 5.90 Å². The lowest BCUT2D eigenvalue weighted by atomic mass is 10.1. The van der Waals surface area contributed by atoms with Gasteiger partial charge in [-0.25, -0.2) is 18.6 Å². The van der Waals surface area contributed by atoms with Gasteiger partial charge in [-0.05, 0) is 42.0 Å². The quantitative estimate of drug-likeness (QED) is 0.201. The zero-order valence-electron chi connectivity index (χ0n) is 17.4. The smallest absolute Gasteiger partial charge is 0.363 e. The number of esters is 1. The van der Waals surface area contributed by atoms with E-state index in [1.165, 1.54) is 13.2 Å². The second-order valence-electron chi connectivity index (χ2n) is 7.00. The van der Waals surface area contributed by atoms with Crippen LogP contribution in [0.15, 0.2) is 59.2 Å². The first-order chi connectivity index (χ1) is 16.3. The summed E-state index contributed by atoms with van der Waals surface area (Å²) in [5.74, 6) is -2.74. The fraction of sp³-hybridized carbons (Fsp3) is 0.0833. The number of benzene rings is 3. The molecule has 0 spiro atoms. The Kier molecular flexibility index (Phi) is 7.07. The molecule has 0 amide bonds. The van der Waals surface area contributed by atoms with Crippen molar-refractivity contribution in [1.29, 1.82) is 0 Å². The second-order valence-corrected chi connectivity index (χ2v) is 8.22. The molecule has 1 aliphatic heterocycles. The summed E-state index contributed by atoms with van der Waals surface area (Å²) < 4.78 is 43.3. The van der Waals surface area contributed by atoms with Gasteiger partial charge in [0.1, 0.15) is 6.61 Å². The summed E-state index contributed by atoms with van der Waals surface area (Å²) >= 11 is 18.5. The van der Waals surface area contributed by atoms with E-state index in [4.69, 9.17) is 49.0 Å². The normalized spacial score (nSPS) is 14.2. The first kappa shape index (κ1) is 24.0. The summed E-state index contributed by atoms with van der Waals surface area (Å²) in [6, 6.07) is 11.9. The van der Waals surface area contributed by atoms with E-state index in [2.05, 4.69) is 4.99 Å². The molecule has 0 saturated heterocycles. The number of rotatable bonds is 6. The van der Waals surface area contributed by atoms with Gasteiger partial charge in [-0.2, -0.15) is 0 Å². The van der Waals surface area contributed by atoms with Crippen LogP contribution in [0.25, 0.3) is 6.08 Å². The Morgan fingerprint density at radius 1 is 1.00 bits per heavy atom. The van der Waals surface area contributed by atoms with E-state index in [1.807, 2.05) is 18.2 Å². The molecule has 0 unspecified atom stereocenters. The standard InChI is InChI=1S/C24H14Cl3F2NO4/c1-32-21-8-12(6-17(27)22(21)33-11-13-4-2-3-5-15(13)25)7-20-24(31)34-23(30-20)14-9-18(28)19(29)10-16(14)26/h2-10H,11H2,1H3/b20-7+. The Balaban J connectivity index is 1.63. The maximum Gasteiger partial charge on any atom is 0.363 e. The van der Waals surface area contributed by atoms with Gasteiger partial charge in [0.15, 0.2) is 28.8 Å². The number of methoxy groups -OCH3 is 1. The Labute approximate surface area is 208 Å². The molecule has 34 heavy (non-hydrogen) atoms. The monoisotopic (exact) mass is 523 g/mol. The molecule has 4 rings (SSSR count). The molecule has 10 heteroatoms. The zero-order valence-corrected chi connectivity index (χ0v) is 19.6. The molecular formula is C24H14Cl3F2NO4. The van der Waals surface area contributed by atoms with Crippen LogP contribution in [0.3, 0.4) is 0 Å². The number of nitrogens with zero attached hydrogens (tertiary/aromatic N) is 1. The van der Waals surface area contributed by atoms with Crippen molar-refractivity contribution >= 4 is 52.7 Å². The summed E-state index contributed by atoms with van der Waals surface area (Å²) in [6.07, 6.45) is 1.40. The summed E-state index contributed by atoms with van der Waals surface area (Å²) in [5, 5.41) is 0.613. The number of carbonyl (C=O) groups is 1. The molecule has 0 bridgehead atoms. The molecule has 174 valence electrons. The molecule has 3 aromatic rings. The van der Waals surface area contributed by atoms with Gasteiger partial charge in [0.05, 0.1) is 22.7 Å². The van der Waals surface area contributed by atoms with E-state index in [9.17, 15) is 13.6 Å². The highest BCUT2D eigenvalue weighted by Crippen LogP contribution is 2.38. The summed E-state index contributed by atoms with van der Waals surface area (Å²) in [7, 11) is 1.44. The lowest BCUT2D eigenvalue weighted by Crippen LogP contribution is -2.07. The minimum Gasteiger partial charge on any atom is -0.493 e. The largest absolute Gasteiger partial charge is 0.493 e. The number of aliphatic imine (C=N–C) groups is 1. The Bertz CT molecular complexity index is 1360. The van der Waals surface area contributed by atoms with Gasteiger partial charge in [-0.1, -0.05) is 53.0 Å². The molecule has 1 aliphatic rings. The third-order valence-electron chi connectivity index (χ3n) is 4.75. The Morgan fingerprint density at radius 3 is 2.47 bits per heavy atom. The number of hydrogen-bond acceptors (Lipinski definition) is 5. The van der Waals surface area contributed by atoms with Gasteiger partial charge in [-0.15, -0.1) is 0 Å². The van der Waals surface area contributed by atoms with Crippen LogP contribution in [-0.2, 0) is 16.1 Å². The number of carbonyl (C=O) groups excluding carboxylic acids is 1. The Morgan fingerprint density at radius 2 is 1.74 bits per heavy atom. The van der Waals surface area contributed by atoms with Gasteiger partial charge in [-0.3, -0.25) is 0 Å². The lowest BCUT2D eigenvalue weighted by Gasteiger charge is -2.14. The lowest BCUT2D eigenvalue weighted by molar-refractivity contribution is -0.129. The van der Waals surface area contributed by atoms with Crippen LogP contribution in [0, 0.1) is 11.6 Å². The van der Waals surface area contributed by atoms with Crippen LogP contribution in [0.1, 0.15) is 16.7 Å². The average molecular weight is 525 g/mol. The van der Waals surface area contributed by atoms with Gasteiger partial charge in [0, 0.05) is 10.6 Å². The molecule has 5 nitrogen and oxygen atoms in total. The van der Waals surface area contributed by atoms with Crippen molar-refractivity contribution in [3.05, 3.63) is 97.6 Å². The van der Waals surface area contributed by atoms with E-state index in [1.54, 1.807) is 18.2 Å². The topological polar surface area (TPSA) is 57.1 Å².